The molecule has 0 unspecified atom stereocenters. The highest BCUT2D eigenvalue weighted by Crippen LogP contribution is 2.04. The van der Waals surface area contributed by atoms with Crippen molar-refractivity contribution in [3.63, 3.8) is 0 Å². The van der Waals surface area contributed by atoms with Gasteiger partial charge in [-0.05, 0) is 19.4 Å². The van der Waals surface area contributed by atoms with E-state index in [1.807, 2.05) is 0 Å². The van der Waals surface area contributed by atoms with E-state index in [0.29, 0.717) is 24.9 Å². The van der Waals surface area contributed by atoms with Crippen LogP contribution < -0.4 is 5.56 Å². The van der Waals surface area contributed by atoms with Crippen LogP contribution in [0.1, 0.15) is 18.4 Å². The molecule has 1 aromatic rings. The number of carbonyl (C=O) groups is 2. The summed E-state index contributed by atoms with van der Waals surface area (Å²) in [6.45, 7) is 2.27. The summed E-state index contributed by atoms with van der Waals surface area (Å²) in [6.07, 6.45) is 2.67. The number of hydrogen-bond acceptors (Lipinski definition) is 4. The zero-order chi connectivity index (χ0) is 14.3. The summed E-state index contributed by atoms with van der Waals surface area (Å²) in [5, 5.41) is 8.44. The topological polar surface area (TPSA) is 76.4 Å². The van der Waals surface area contributed by atoms with Crippen LogP contribution in [0.25, 0.3) is 0 Å². The number of carboxylic acids is 1. The molecule has 0 saturated carbocycles. The van der Waals surface area contributed by atoms with Crippen molar-refractivity contribution in [3.8, 4) is 0 Å². The number of thioether (sulfide) groups is 1. The molecule has 1 heterocycles. The lowest BCUT2D eigenvalue weighted by Gasteiger charge is -2.05. The number of rotatable bonds is 8. The van der Waals surface area contributed by atoms with Crippen LogP contribution in [0.2, 0.25) is 0 Å². The van der Waals surface area contributed by atoms with Gasteiger partial charge in [0.1, 0.15) is 5.78 Å². The third kappa shape index (κ3) is 5.74. The molecule has 5 nitrogen and oxygen atoms in total. The van der Waals surface area contributed by atoms with Gasteiger partial charge < -0.3 is 9.67 Å². The molecule has 0 atom stereocenters. The number of carboxylic acid groups (broad SMARTS) is 1. The maximum absolute atomic E-state index is 11.7. The molecular formula is C13H17NO4S. The van der Waals surface area contributed by atoms with E-state index in [2.05, 4.69) is 0 Å². The van der Waals surface area contributed by atoms with Gasteiger partial charge in [-0.3, -0.25) is 14.4 Å². The third-order valence-corrected chi connectivity index (χ3v) is 3.53. The predicted octanol–water partition coefficient (Wildman–Crippen LogP) is 1.32. The molecule has 1 rings (SSSR count). The van der Waals surface area contributed by atoms with Gasteiger partial charge in [-0.1, -0.05) is 6.07 Å². The number of ketones is 1. The summed E-state index contributed by atoms with van der Waals surface area (Å²) in [7, 11) is 0. The fourth-order valence-electron chi connectivity index (χ4n) is 1.60. The molecule has 0 aliphatic heterocycles. The van der Waals surface area contributed by atoms with Gasteiger partial charge in [0.2, 0.25) is 0 Å². The maximum atomic E-state index is 11.7. The second kappa shape index (κ2) is 7.78. The smallest absolute Gasteiger partial charge is 0.313 e. The van der Waals surface area contributed by atoms with Crippen LogP contribution >= 0.6 is 11.8 Å². The Balaban J connectivity index is 2.30. The van der Waals surface area contributed by atoms with Crippen molar-refractivity contribution in [1.82, 2.24) is 4.57 Å². The van der Waals surface area contributed by atoms with Crippen molar-refractivity contribution in [1.29, 1.82) is 0 Å². The van der Waals surface area contributed by atoms with Gasteiger partial charge in [0.15, 0.2) is 0 Å². The summed E-state index contributed by atoms with van der Waals surface area (Å²) in [6, 6.07) is 3.56. The molecule has 0 radical (unpaired) electrons. The Hall–Kier alpha value is -1.56. The zero-order valence-corrected chi connectivity index (χ0v) is 11.6. The van der Waals surface area contributed by atoms with Gasteiger partial charge in [-0.15, -0.1) is 11.8 Å². The molecular weight excluding hydrogens is 266 g/mol. The van der Waals surface area contributed by atoms with E-state index in [9.17, 15) is 14.4 Å². The molecule has 0 aliphatic carbocycles. The molecule has 0 spiro atoms. The Morgan fingerprint density at radius 1 is 1.37 bits per heavy atom. The molecule has 19 heavy (non-hydrogen) atoms. The van der Waals surface area contributed by atoms with E-state index < -0.39 is 5.97 Å². The number of aryl methyl sites for hydroxylation is 2. The van der Waals surface area contributed by atoms with E-state index in [1.54, 1.807) is 29.8 Å². The molecule has 0 aromatic carbocycles. The standard InChI is InChI=1S/C13H17NO4S/c1-10-4-2-6-14(13(10)18)7-3-5-11(15)8-19-9-12(16)17/h2,4,6H,3,5,7-9H2,1H3,(H,16,17). The summed E-state index contributed by atoms with van der Waals surface area (Å²) in [5.74, 6) is -0.728. The molecule has 1 aromatic heterocycles. The third-order valence-electron chi connectivity index (χ3n) is 2.55. The number of aromatic nitrogens is 1. The monoisotopic (exact) mass is 283 g/mol. The van der Waals surface area contributed by atoms with Crippen molar-refractivity contribution in [2.45, 2.75) is 26.3 Å². The summed E-state index contributed by atoms with van der Waals surface area (Å²) < 4.78 is 1.59. The van der Waals surface area contributed by atoms with E-state index >= 15 is 0 Å². The van der Waals surface area contributed by atoms with Crippen molar-refractivity contribution < 1.29 is 14.7 Å². The first-order valence-corrected chi connectivity index (χ1v) is 7.13. The normalized spacial score (nSPS) is 10.4. The minimum atomic E-state index is -0.913. The average Bonchev–Trinajstić information content (AvgIpc) is 2.34. The first-order chi connectivity index (χ1) is 9.00. The highest BCUT2D eigenvalue weighted by atomic mass is 32.2. The van der Waals surface area contributed by atoms with Gasteiger partial charge >= 0.3 is 5.97 Å². The molecule has 0 saturated heterocycles. The molecule has 0 bridgehead atoms. The van der Waals surface area contributed by atoms with E-state index in [4.69, 9.17) is 5.11 Å². The minimum Gasteiger partial charge on any atom is -0.481 e. The van der Waals surface area contributed by atoms with E-state index in [-0.39, 0.29) is 22.8 Å². The number of pyridine rings is 1. The van der Waals surface area contributed by atoms with E-state index in [1.165, 1.54) is 0 Å². The van der Waals surface area contributed by atoms with Crippen LogP contribution in [0.3, 0.4) is 0 Å². The number of hydrogen-bond donors (Lipinski definition) is 1. The second-order valence-electron chi connectivity index (χ2n) is 4.22. The van der Waals surface area contributed by atoms with Crippen LogP contribution in [0.4, 0.5) is 0 Å². The van der Waals surface area contributed by atoms with Gasteiger partial charge in [-0.2, -0.15) is 0 Å². The number of aliphatic carboxylic acids is 1. The molecule has 0 aliphatic rings. The molecule has 0 fully saturated rings. The molecule has 6 heteroatoms. The van der Waals surface area contributed by atoms with Crippen molar-refractivity contribution in [2.75, 3.05) is 11.5 Å². The van der Waals surface area contributed by atoms with Crippen LogP contribution in [0, 0.1) is 6.92 Å². The maximum Gasteiger partial charge on any atom is 0.313 e. The van der Waals surface area contributed by atoms with Crippen LogP contribution in [-0.2, 0) is 16.1 Å². The Morgan fingerprint density at radius 2 is 2.11 bits per heavy atom. The van der Waals surface area contributed by atoms with Crippen molar-refractivity contribution in [3.05, 3.63) is 34.2 Å². The summed E-state index contributed by atoms with van der Waals surface area (Å²) in [5.41, 5.74) is 0.654. The minimum absolute atomic E-state index is 0.0203. The Morgan fingerprint density at radius 3 is 2.79 bits per heavy atom. The lowest BCUT2D eigenvalue weighted by Crippen LogP contribution is -2.21. The Labute approximate surface area is 115 Å². The van der Waals surface area contributed by atoms with Crippen LogP contribution in [0.15, 0.2) is 23.1 Å². The fourth-order valence-corrected chi connectivity index (χ4v) is 2.25. The average molecular weight is 283 g/mol. The van der Waals surface area contributed by atoms with E-state index in [0.717, 1.165) is 11.8 Å². The van der Waals surface area contributed by atoms with Crippen molar-refractivity contribution in [2.24, 2.45) is 0 Å². The molecule has 104 valence electrons. The number of carbonyl (C=O) groups excluding carboxylic acids is 1. The SMILES string of the molecule is Cc1cccn(CCCC(=O)CSCC(=O)O)c1=O. The van der Waals surface area contributed by atoms with Gasteiger partial charge in [0, 0.05) is 24.7 Å². The first-order valence-electron chi connectivity index (χ1n) is 5.98. The first kappa shape index (κ1) is 15.5. The molecule has 1 N–H and O–H groups in total. The van der Waals surface area contributed by atoms with Crippen LogP contribution in [-0.4, -0.2) is 32.9 Å². The van der Waals surface area contributed by atoms with Gasteiger partial charge in [-0.25, -0.2) is 0 Å². The van der Waals surface area contributed by atoms with Crippen molar-refractivity contribution >= 4 is 23.5 Å². The van der Waals surface area contributed by atoms with Gasteiger partial charge in [0.25, 0.3) is 5.56 Å². The lowest BCUT2D eigenvalue weighted by molar-refractivity contribution is -0.133. The van der Waals surface area contributed by atoms with Gasteiger partial charge in [0.05, 0.1) is 11.5 Å². The molecule has 0 amide bonds. The Bertz CT molecular complexity index is 510. The number of Topliss-reactive ketones (excluding diaryl/α,β-unsaturated/α-hetero) is 1. The highest BCUT2D eigenvalue weighted by molar-refractivity contribution is 8.00. The Kier molecular flexibility index (Phi) is 6.35. The quantitative estimate of drug-likeness (QED) is 0.778. The fraction of sp³-hybridized carbons (Fsp3) is 0.462. The summed E-state index contributed by atoms with van der Waals surface area (Å²) in [4.78, 5) is 33.4. The lowest BCUT2D eigenvalue weighted by atomic mass is 10.2. The van der Waals surface area contributed by atoms with Crippen LogP contribution in [0.5, 0.6) is 0 Å². The predicted molar refractivity (Wildman–Crippen MR) is 74.6 cm³/mol. The highest BCUT2D eigenvalue weighted by Gasteiger charge is 2.05. The summed E-state index contributed by atoms with van der Waals surface area (Å²) >= 11 is 1.10. The largest absolute Gasteiger partial charge is 0.481 e. The number of nitrogens with zero attached hydrogens (tertiary/aromatic N) is 1. The zero-order valence-electron chi connectivity index (χ0n) is 10.8. The second-order valence-corrected chi connectivity index (χ2v) is 5.20.